The van der Waals surface area contributed by atoms with E-state index in [4.69, 9.17) is 0 Å². The Morgan fingerprint density at radius 3 is 2.76 bits per heavy atom. The SMILES string of the molecule is O=[N+]([O-])c1ccc(CNCC2CCC2)c(Br)c1. The first-order valence-electron chi connectivity index (χ1n) is 5.80. The number of nitrogens with zero attached hydrogens (tertiary/aromatic N) is 1. The topological polar surface area (TPSA) is 55.2 Å². The molecule has 92 valence electrons. The highest BCUT2D eigenvalue weighted by Crippen LogP contribution is 2.26. The van der Waals surface area contributed by atoms with Crippen LogP contribution in [0.1, 0.15) is 24.8 Å². The minimum Gasteiger partial charge on any atom is -0.312 e. The van der Waals surface area contributed by atoms with Gasteiger partial charge in [0.15, 0.2) is 0 Å². The third kappa shape index (κ3) is 3.26. The fourth-order valence-corrected chi connectivity index (χ4v) is 2.41. The molecule has 1 aliphatic carbocycles. The summed E-state index contributed by atoms with van der Waals surface area (Å²) in [4.78, 5) is 10.2. The number of non-ortho nitro benzene ring substituents is 1. The molecule has 0 aromatic heterocycles. The van der Waals surface area contributed by atoms with Gasteiger partial charge in [0.2, 0.25) is 0 Å². The zero-order chi connectivity index (χ0) is 12.3. The molecule has 1 aromatic rings. The molecule has 1 aromatic carbocycles. The summed E-state index contributed by atoms with van der Waals surface area (Å²) in [6.07, 6.45) is 4.01. The molecule has 0 spiro atoms. The molecule has 0 unspecified atom stereocenters. The van der Waals surface area contributed by atoms with E-state index in [9.17, 15) is 10.1 Å². The Morgan fingerprint density at radius 1 is 1.47 bits per heavy atom. The molecule has 5 heteroatoms. The van der Waals surface area contributed by atoms with Crippen molar-refractivity contribution in [3.8, 4) is 0 Å². The predicted molar refractivity (Wildman–Crippen MR) is 69.8 cm³/mol. The van der Waals surface area contributed by atoms with Crippen LogP contribution in [0.3, 0.4) is 0 Å². The van der Waals surface area contributed by atoms with Crippen molar-refractivity contribution in [1.29, 1.82) is 0 Å². The Labute approximate surface area is 109 Å². The van der Waals surface area contributed by atoms with E-state index in [2.05, 4.69) is 21.2 Å². The molecule has 0 atom stereocenters. The summed E-state index contributed by atoms with van der Waals surface area (Å²) in [6.45, 7) is 1.80. The average Bonchev–Trinajstić information content (AvgIpc) is 2.23. The fourth-order valence-electron chi connectivity index (χ4n) is 1.90. The fraction of sp³-hybridized carbons (Fsp3) is 0.500. The molecule has 1 aliphatic rings. The maximum Gasteiger partial charge on any atom is 0.270 e. The van der Waals surface area contributed by atoms with Crippen molar-refractivity contribution in [1.82, 2.24) is 5.32 Å². The maximum atomic E-state index is 10.6. The number of nitrogens with one attached hydrogen (secondary N) is 1. The Morgan fingerprint density at radius 2 is 2.24 bits per heavy atom. The molecule has 0 saturated heterocycles. The van der Waals surface area contributed by atoms with Crippen LogP contribution in [0.5, 0.6) is 0 Å². The third-order valence-electron chi connectivity index (χ3n) is 3.22. The highest BCUT2D eigenvalue weighted by Gasteiger charge is 2.16. The standard InChI is InChI=1S/C12H15BrN2O2/c13-12-6-11(15(16)17)5-4-10(12)8-14-7-9-2-1-3-9/h4-6,9,14H,1-3,7-8H2. The smallest absolute Gasteiger partial charge is 0.270 e. The molecule has 0 heterocycles. The van der Waals surface area contributed by atoms with Gasteiger partial charge in [0, 0.05) is 23.2 Å². The molecule has 2 rings (SSSR count). The zero-order valence-corrected chi connectivity index (χ0v) is 11.1. The van der Waals surface area contributed by atoms with Gasteiger partial charge in [-0.15, -0.1) is 0 Å². The minimum absolute atomic E-state index is 0.125. The number of nitro groups is 1. The summed E-state index contributed by atoms with van der Waals surface area (Å²) >= 11 is 3.37. The van der Waals surface area contributed by atoms with Gasteiger partial charge in [0.05, 0.1) is 4.92 Å². The first-order chi connectivity index (χ1) is 8.16. The Hall–Kier alpha value is -0.940. The number of rotatable bonds is 5. The number of hydrogen-bond donors (Lipinski definition) is 1. The van der Waals surface area contributed by atoms with Crippen molar-refractivity contribution in [2.24, 2.45) is 5.92 Å². The molecule has 4 nitrogen and oxygen atoms in total. The van der Waals surface area contributed by atoms with Gasteiger partial charge in [0.1, 0.15) is 0 Å². The third-order valence-corrected chi connectivity index (χ3v) is 3.96. The van der Waals surface area contributed by atoms with E-state index < -0.39 is 0 Å². The lowest BCUT2D eigenvalue weighted by Gasteiger charge is -2.25. The lowest BCUT2D eigenvalue weighted by atomic mass is 9.85. The lowest BCUT2D eigenvalue weighted by molar-refractivity contribution is -0.384. The summed E-state index contributed by atoms with van der Waals surface area (Å²) in [5, 5.41) is 14.0. The summed E-state index contributed by atoms with van der Waals surface area (Å²) in [5.41, 5.74) is 1.19. The minimum atomic E-state index is -0.379. The van der Waals surface area contributed by atoms with E-state index in [1.807, 2.05) is 0 Å². The van der Waals surface area contributed by atoms with Gasteiger partial charge < -0.3 is 5.32 Å². The Bertz CT molecular complexity index is 419. The van der Waals surface area contributed by atoms with Crippen LogP contribution in [0.4, 0.5) is 5.69 Å². The number of nitro benzene ring substituents is 1. The van der Waals surface area contributed by atoms with Crippen molar-refractivity contribution >= 4 is 21.6 Å². The molecule has 0 amide bonds. The molecule has 17 heavy (non-hydrogen) atoms. The van der Waals surface area contributed by atoms with Crippen LogP contribution in [-0.4, -0.2) is 11.5 Å². The molecular formula is C12H15BrN2O2. The van der Waals surface area contributed by atoms with Crippen LogP contribution >= 0.6 is 15.9 Å². The van der Waals surface area contributed by atoms with Crippen molar-refractivity contribution in [3.63, 3.8) is 0 Å². The normalized spacial score (nSPS) is 15.6. The van der Waals surface area contributed by atoms with Crippen molar-refractivity contribution in [2.45, 2.75) is 25.8 Å². The van der Waals surface area contributed by atoms with Gasteiger partial charge in [-0.3, -0.25) is 10.1 Å². The molecule has 1 N–H and O–H groups in total. The van der Waals surface area contributed by atoms with Crippen LogP contribution < -0.4 is 5.32 Å². The van der Waals surface area contributed by atoms with Crippen molar-refractivity contribution in [2.75, 3.05) is 6.54 Å². The van der Waals surface area contributed by atoms with Crippen molar-refractivity contribution in [3.05, 3.63) is 38.3 Å². The summed E-state index contributed by atoms with van der Waals surface area (Å²) < 4.78 is 0.799. The van der Waals surface area contributed by atoms with Crippen LogP contribution in [0.15, 0.2) is 22.7 Å². The number of hydrogen-bond acceptors (Lipinski definition) is 3. The average molecular weight is 299 g/mol. The van der Waals surface area contributed by atoms with Gasteiger partial charge in [0.25, 0.3) is 5.69 Å². The van der Waals surface area contributed by atoms with Crippen LogP contribution in [0.2, 0.25) is 0 Å². The van der Waals surface area contributed by atoms with E-state index in [1.54, 1.807) is 18.2 Å². The molecule has 0 radical (unpaired) electrons. The van der Waals surface area contributed by atoms with Gasteiger partial charge in [-0.05, 0) is 36.9 Å². The quantitative estimate of drug-likeness (QED) is 0.670. The monoisotopic (exact) mass is 298 g/mol. The molecule has 0 bridgehead atoms. The number of benzene rings is 1. The van der Waals surface area contributed by atoms with Crippen LogP contribution in [0, 0.1) is 16.0 Å². The van der Waals surface area contributed by atoms with Crippen LogP contribution in [0.25, 0.3) is 0 Å². The van der Waals surface area contributed by atoms with E-state index in [0.717, 1.165) is 29.0 Å². The number of halogens is 1. The van der Waals surface area contributed by atoms with E-state index in [0.29, 0.717) is 0 Å². The van der Waals surface area contributed by atoms with Gasteiger partial charge in [-0.2, -0.15) is 0 Å². The van der Waals surface area contributed by atoms with Crippen LogP contribution in [-0.2, 0) is 6.54 Å². The molecular weight excluding hydrogens is 284 g/mol. The maximum absolute atomic E-state index is 10.6. The summed E-state index contributed by atoms with van der Waals surface area (Å²) in [5.74, 6) is 0.826. The van der Waals surface area contributed by atoms with E-state index in [-0.39, 0.29) is 10.6 Å². The molecule has 1 fully saturated rings. The molecule has 1 saturated carbocycles. The molecule has 0 aliphatic heterocycles. The summed E-state index contributed by atoms with van der Waals surface area (Å²) in [7, 11) is 0. The second-order valence-corrected chi connectivity index (χ2v) is 5.31. The second-order valence-electron chi connectivity index (χ2n) is 4.46. The highest BCUT2D eigenvalue weighted by molar-refractivity contribution is 9.10. The van der Waals surface area contributed by atoms with E-state index >= 15 is 0 Å². The largest absolute Gasteiger partial charge is 0.312 e. The highest BCUT2D eigenvalue weighted by atomic mass is 79.9. The Kier molecular flexibility index (Phi) is 4.12. The van der Waals surface area contributed by atoms with Crippen molar-refractivity contribution < 1.29 is 4.92 Å². The Balaban J connectivity index is 1.89. The first kappa shape index (κ1) is 12.5. The summed E-state index contributed by atoms with van der Waals surface area (Å²) in [6, 6.07) is 4.90. The second kappa shape index (κ2) is 5.60. The van der Waals surface area contributed by atoms with Gasteiger partial charge >= 0.3 is 0 Å². The lowest BCUT2D eigenvalue weighted by Crippen LogP contribution is -2.26. The van der Waals surface area contributed by atoms with Gasteiger partial charge in [-0.25, -0.2) is 0 Å². The zero-order valence-electron chi connectivity index (χ0n) is 9.49. The van der Waals surface area contributed by atoms with E-state index in [1.165, 1.54) is 19.3 Å². The predicted octanol–water partition coefficient (Wildman–Crippen LogP) is 3.25. The first-order valence-corrected chi connectivity index (χ1v) is 6.59. The van der Waals surface area contributed by atoms with Gasteiger partial charge in [-0.1, -0.05) is 22.4 Å².